The maximum atomic E-state index is 13.1. The van der Waals surface area contributed by atoms with Crippen LogP contribution in [0.5, 0.6) is 0 Å². The fraction of sp³-hybridized carbons (Fsp3) is 0.273. The Labute approximate surface area is 157 Å². The lowest BCUT2D eigenvalue weighted by Crippen LogP contribution is -2.26. The molecule has 0 fully saturated rings. The van der Waals surface area contributed by atoms with Crippen molar-refractivity contribution in [1.29, 1.82) is 0 Å². The molecule has 0 atom stereocenters. The minimum Gasteiger partial charge on any atom is -0.310 e. The van der Waals surface area contributed by atoms with Crippen LogP contribution in [0.3, 0.4) is 0 Å². The molecule has 0 saturated heterocycles. The molecule has 1 N–H and O–H groups in total. The van der Waals surface area contributed by atoms with Crippen LogP contribution in [0, 0.1) is 5.82 Å². The van der Waals surface area contributed by atoms with E-state index in [0.717, 1.165) is 42.9 Å². The highest BCUT2D eigenvalue weighted by Gasteiger charge is 2.19. The molecule has 1 aromatic heterocycles. The number of nitrogens with zero attached hydrogens (tertiary/aromatic N) is 2. The molecule has 4 nitrogen and oxygen atoms in total. The first-order valence-electron chi connectivity index (χ1n) is 9.29. The fourth-order valence-corrected chi connectivity index (χ4v) is 3.59. The van der Waals surface area contributed by atoms with Crippen molar-refractivity contribution in [2.24, 2.45) is 0 Å². The predicted molar refractivity (Wildman–Crippen MR) is 103 cm³/mol. The number of rotatable bonds is 4. The van der Waals surface area contributed by atoms with E-state index in [4.69, 9.17) is 4.98 Å². The van der Waals surface area contributed by atoms with Gasteiger partial charge in [-0.1, -0.05) is 42.5 Å². The Hall–Kier alpha value is -2.79. The summed E-state index contributed by atoms with van der Waals surface area (Å²) in [5, 5.41) is 0. The van der Waals surface area contributed by atoms with Crippen molar-refractivity contribution < 1.29 is 4.39 Å². The van der Waals surface area contributed by atoms with E-state index in [1.807, 2.05) is 6.07 Å². The molecule has 1 aliphatic heterocycles. The number of aromatic nitrogens is 2. The van der Waals surface area contributed by atoms with E-state index >= 15 is 0 Å². The van der Waals surface area contributed by atoms with Crippen molar-refractivity contribution >= 4 is 0 Å². The van der Waals surface area contributed by atoms with E-state index in [1.54, 1.807) is 12.1 Å². The number of hydrogen-bond acceptors (Lipinski definition) is 3. The van der Waals surface area contributed by atoms with Gasteiger partial charge >= 0.3 is 0 Å². The van der Waals surface area contributed by atoms with Crippen molar-refractivity contribution in [3.63, 3.8) is 0 Å². The Morgan fingerprint density at radius 1 is 0.963 bits per heavy atom. The minimum atomic E-state index is -0.263. The Morgan fingerprint density at radius 3 is 2.48 bits per heavy atom. The lowest BCUT2D eigenvalue weighted by atomic mass is 10.1. The van der Waals surface area contributed by atoms with E-state index in [0.29, 0.717) is 18.7 Å². The Morgan fingerprint density at radius 2 is 1.70 bits per heavy atom. The quantitative estimate of drug-likeness (QED) is 0.775. The number of benzene rings is 2. The van der Waals surface area contributed by atoms with Gasteiger partial charge in [0, 0.05) is 38.0 Å². The van der Waals surface area contributed by atoms with Crippen molar-refractivity contribution in [3.05, 3.63) is 99.0 Å². The van der Waals surface area contributed by atoms with E-state index in [-0.39, 0.29) is 11.4 Å². The van der Waals surface area contributed by atoms with Gasteiger partial charge in [0.05, 0.1) is 5.69 Å². The standard InChI is InChI=1S/C22H22FN3O/c23-18-8-6-16(7-9-18)14-21-24-20-11-13-26(12-10-19(20)22(27)25-21)15-17-4-2-1-3-5-17/h1-9H,10-15H2,(H,24,25,27). The summed E-state index contributed by atoms with van der Waals surface area (Å²) in [5.74, 6) is 0.377. The summed E-state index contributed by atoms with van der Waals surface area (Å²) in [6, 6.07) is 16.7. The highest BCUT2D eigenvalue weighted by Crippen LogP contribution is 2.14. The predicted octanol–water partition coefficient (Wildman–Crippen LogP) is 3.10. The van der Waals surface area contributed by atoms with Gasteiger partial charge in [-0.15, -0.1) is 0 Å². The Balaban J connectivity index is 1.50. The molecular formula is C22H22FN3O. The second-order valence-corrected chi connectivity index (χ2v) is 7.00. The molecule has 3 aromatic rings. The first-order valence-corrected chi connectivity index (χ1v) is 9.29. The lowest BCUT2D eigenvalue weighted by Gasteiger charge is -2.19. The van der Waals surface area contributed by atoms with Crippen LogP contribution in [0.25, 0.3) is 0 Å². The van der Waals surface area contributed by atoms with Gasteiger partial charge in [0.2, 0.25) is 0 Å². The maximum absolute atomic E-state index is 13.1. The van der Waals surface area contributed by atoms with Gasteiger partial charge in [-0.3, -0.25) is 9.69 Å². The van der Waals surface area contributed by atoms with Crippen LogP contribution in [0.4, 0.5) is 4.39 Å². The summed E-state index contributed by atoms with van der Waals surface area (Å²) in [6.45, 7) is 2.62. The van der Waals surface area contributed by atoms with E-state index in [9.17, 15) is 9.18 Å². The zero-order valence-electron chi connectivity index (χ0n) is 15.1. The number of halogens is 1. The molecule has 4 rings (SSSR count). The SMILES string of the molecule is O=c1[nH]c(Cc2ccc(F)cc2)nc2c1CCN(Cc1ccccc1)CC2. The second-order valence-electron chi connectivity index (χ2n) is 7.00. The van der Waals surface area contributed by atoms with E-state index < -0.39 is 0 Å². The second kappa shape index (κ2) is 7.84. The maximum Gasteiger partial charge on any atom is 0.254 e. The van der Waals surface area contributed by atoms with Crippen LogP contribution in [0.2, 0.25) is 0 Å². The summed E-state index contributed by atoms with van der Waals surface area (Å²) in [6.07, 6.45) is 1.97. The van der Waals surface area contributed by atoms with Crippen molar-refractivity contribution in [2.45, 2.75) is 25.8 Å². The topological polar surface area (TPSA) is 49.0 Å². The van der Waals surface area contributed by atoms with Gasteiger partial charge in [0.15, 0.2) is 0 Å². The zero-order chi connectivity index (χ0) is 18.6. The summed E-state index contributed by atoms with van der Waals surface area (Å²) in [7, 11) is 0. The first kappa shape index (κ1) is 17.6. The molecule has 5 heteroatoms. The molecule has 0 spiro atoms. The van der Waals surface area contributed by atoms with Crippen LogP contribution in [0.15, 0.2) is 59.4 Å². The average molecular weight is 363 g/mol. The van der Waals surface area contributed by atoms with Crippen molar-refractivity contribution in [3.8, 4) is 0 Å². The van der Waals surface area contributed by atoms with Gasteiger partial charge < -0.3 is 4.98 Å². The molecule has 0 radical (unpaired) electrons. The van der Waals surface area contributed by atoms with Gasteiger partial charge in [-0.05, 0) is 29.7 Å². The summed E-state index contributed by atoms with van der Waals surface area (Å²) in [4.78, 5) is 22.6. The number of nitrogens with one attached hydrogen (secondary N) is 1. The highest BCUT2D eigenvalue weighted by molar-refractivity contribution is 5.24. The summed E-state index contributed by atoms with van der Waals surface area (Å²) < 4.78 is 13.1. The van der Waals surface area contributed by atoms with Gasteiger partial charge in [0.25, 0.3) is 5.56 Å². The van der Waals surface area contributed by atoms with Gasteiger partial charge in [-0.25, -0.2) is 9.37 Å². The molecule has 138 valence electrons. The van der Waals surface area contributed by atoms with Gasteiger partial charge in [-0.2, -0.15) is 0 Å². The smallest absolute Gasteiger partial charge is 0.254 e. The Bertz CT molecular complexity index is 967. The van der Waals surface area contributed by atoms with Crippen LogP contribution < -0.4 is 5.56 Å². The van der Waals surface area contributed by atoms with Crippen LogP contribution in [0.1, 0.15) is 28.2 Å². The molecular weight excluding hydrogens is 341 g/mol. The average Bonchev–Trinajstić information content (AvgIpc) is 2.87. The third-order valence-electron chi connectivity index (χ3n) is 5.03. The minimum absolute atomic E-state index is 0.0429. The number of hydrogen-bond donors (Lipinski definition) is 1. The van der Waals surface area contributed by atoms with Crippen LogP contribution in [-0.2, 0) is 25.8 Å². The molecule has 0 bridgehead atoms. The normalized spacial score (nSPS) is 14.6. The van der Waals surface area contributed by atoms with E-state index in [1.165, 1.54) is 17.7 Å². The van der Waals surface area contributed by atoms with Crippen LogP contribution >= 0.6 is 0 Å². The summed E-state index contributed by atoms with van der Waals surface area (Å²) >= 11 is 0. The number of aromatic amines is 1. The largest absolute Gasteiger partial charge is 0.310 e. The lowest BCUT2D eigenvalue weighted by molar-refractivity contribution is 0.279. The van der Waals surface area contributed by atoms with Gasteiger partial charge in [0.1, 0.15) is 11.6 Å². The molecule has 27 heavy (non-hydrogen) atoms. The molecule has 1 aliphatic rings. The van der Waals surface area contributed by atoms with E-state index in [2.05, 4.69) is 34.1 Å². The fourth-order valence-electron chi connectivity index (χ4n) is 3.59. The zero-order valence-corrected chi connectivity index (χ0v) is 15.1. The molecule has 0 saturated carbocycles. The third kappa shape index (κ3) is 4.31. The highest BCUT2D eigenvalue weighted by atomic mass is 19.1. The monoisotopic (exact) mass is 363 g/mol. The van der Waals surface area contributed by atoms with Crippen LogP contribution in [-0.4, -0.2) is 28.0 Å². The van der Waals surface area contributed by atoms with Crippen molar-refractivity contribution in [2.75, 3.05) is 13.1 Å². The number of H-pyrrole nitrogens is 1. The van der Waals surface area contributed by atoms with Crippen molar-refractivity contribution in [1.82, 2.24) is 14.9 Å². The first-order chi connectivity index (χ1) is 13.2. The molecule has 0 aliphatic carbocycles. The number of fused-ring (bicyclic) bond motifs is 1. The Kier molecular flexibility index (Phi) is 5.12. The molecule has 2 heterocycles. The summed E-state index contributed by atoms with van der Waals surface area (Å²) in [5.41, 5.74) is 3.86. The third-order valence-corrected chi connectivity index (χ3v) is 5.03. The molecule has 0 amide bonds. The molecule has 0 unspecified atom stereocenters. The molecule has 2 aromatic carbocycles.